The number of hydrogen-bond acceptors (Lipinski definition) is 1. The second kappa shape index (κ2) is 13.6. The van der Waals surface area contributed by atoms with E-state index < -0.39 is 0 Å². The Bertz CT molecular complexity index is 2070. The lowest BCUT2D eigenvalue weighted by molar-refractivity contribution is 0.590. The zero-order valence-electron chi connectivity index (χ0n) is 29.3. The lowest BCUT2D eigenvalue weighted by Crippen LogP contribution is -2.51. The quantitative estimate of drug-likeness (QED) is 0.158. The third kappa shape index (κ3) is 6.44. The maximum atomic E-state index is 2.61. The van der Waals surface area contributed by atoms with E-state index in [9.17, 15) is 0 Å². The second-order valence-electron chi connectivity index (χ2n) is 14.4. The largest absolute Gasteiger partial charge is 0.376 e. The molecule has 6 aromatic carbocycles. The van der Waals surface area contributed by atoms with Crippen LogP contribution in [0.5, 0.6) is 0 Å². The molecule has 0 unspecified atom stereocenters. The van der Waals surface area contributed by atoms with E-state index in [0.29, 0.717) is 5.92 Å². The first kappa shape index (κ1) is 32.2. The second-order valence-corrected chi connectivity index (χ2v) is 14.4. The van der Waals surface area contributed by atoms with Crippen molar-refractivity contribution in [2.75, 3.05) is 4.81 Å². The highest BCUT2D eigenvalue weighted by molar-refractivity contribution is 6.97. The summed E-state index contributed by atoms with van der Waals surface area (Å²) in [5, 5.41) is 0. The molecular formula is C47H44BN. The van der Waals surface area contributed by atoms with Crippen LogP contribution in [0.4, 0.5) is 5.69 Å². The number of allylic oxidation sites excluding steroid dienone is 2. The van der Waals surface area contributed by atoms with E-state index in [4.69, 9.17) is 0 Å². The van der Waals surface area contributed by atoms with Crippen molar-refractivity contribution in [2.45, 2.75) is 46.0 Å². The van der Waals surface area contributed by atoms with Crippen molar-refractivity contribution in [3.8, 4) is 0 Å². The Morgan fingerprint density at radius 3 is 1.39 bits per heavy atom. The Kier molecular flexibility index (Phi) is 8.98. The fourth-order valence-electron chi connectivity index (χ4n) is 7.14. The number of nitrogens with zero attached hydrogens (tertiary/aromatic N) is 1. The smallest absolute Gasteiger partial charge is 0.329 e. The van der Waals surface area contributed by atoms with Gasteiger partial charge in [0.1, 0.15) is 0 Å². The minimum Gasteiger partial charge on any atom is -0.376 e. The number of hydrogen-bond donors (Lipinski definition) is 0. The first-order valence-electron chi connectivity index (χ1n) is 17.5. The van der Waals surface area contributed by atoms with E-state index in [1.807, 2.05) is 0 Å². The Morgan fingerprint density at radius 2 is 0.918 bits per heavy atom. The van der Waals surface area contributed by atoms with Crippen molar-refractivity contribution >= 4 is 40.3 Å². The highest BCUT2D eigenvalue weighted by Crippen LogP contribution is 2.50. The maximum absolute atomic E-state index is 2.61. The highest BCUT2D eigenvalue weighted by atomic mass is 15.1. The van der Waals surface area contributed by atoms with Gasteiger partial charge in [0.15, 0.2) is 0 Å². The van der Waals surface area contributed by atoms with Gasteiger partial charge in [-0.05, 0) is 67.9 Å². The van der Waals surface area contributed by atoms with E-state index in [2.05, 4.69) is 209 Å². The molecule has 0 radical (unpaired) electrons. The maximum Gasteiger partial charge on any atom is 0.329 e. The van der Waals surface area contributed by atoms with E-state index in [0.717, 1.165) is 0 Å². The molecule has 1 heterocycles. The Balaban J connectivity index is 1.67. The topological polar surface area (TPSA) is 3.24 Å². The molecular weight excluding hydrogens is 589 g/mol. The molecule has 240 valence electrons. The molecule has 0 N–H and O–H groups in total. The Morgan fingerprint density at radius 1 is 0.469 bits per heavy atom. The molecule has 0 saturated heterocycles. The van der Waals surface area contributed by atoms with Crippen LogP contribution in [0.15, 0.2) is 170 Å². The summed E-state index contributed by atoms with van der Waals surface area (Å²) in [5.74, 6) is 0.449. The first-order chi connectivity index (χ1) is 23.8. The monoisotopic (exact) mass is 633 g/mol. The Hall–Kier alpha value is -5.34. The summed E-state index contributed by atoms with van der Waals surface area (Å²) in [6, 6.07) is 62.6. The lowest BCUT2D eigenvalue weighted by Gasteiger charge is -2.43. The predicted molar refractivity (Wildman–Crippen MR) is 213 cm³/mol. The number of anilines is 1. The molecule has 0 saturated carbocycles. The Labute approximate surface area is 293 Å². The van der Waals surface area contributed by atoms with Crippen molar-refractivity contribution in [3.63, 3.8) is 0 Å². The third-order valence-corrected chi connectivity index (χ3v) is 9.72. The standard InChI is InChI=1S/C47H44BN/c1-34(2)35-26-32-42(33-27-35)49-46(39-24-16-9-17-25-39)44(37-20-12-7-13-21-37)43(36-18-10-6-11-19-36)45(38-22-14-8-15-23-38)48(49)41-30-28-40(29-31-41)47(3,4)5/h6-34H,1-5H3. The number of benzene rings is 6. The summed E-state index contributed by atoms with van der Waals surface area (Å²) in [7, 11) is 0. The van der Waals surface area contributed by atoms with Gasteiger partial charge in [0.05, 0.1) is 0 Å². The fraction of sp³-hybridized carbons (Fsp3) is 0.149. The van der Waals surface area contributed by atoms with E-state index in [1.165, 1.54) is 66.8 Å². The normalized spacial score (nSPS) is 13.8. The van der Waals surface area contributed by atoms with Gasteiger partial charge < -0.3 is 4.81 Å². The molecule has 0 fully saturated rings. The van der Waals surface area contributed by atoms with Crippen LogP contribution < -0.4 is 10.3 Å². The molecule has 0 aliphatic carbocycles. The van der Waals surface area contributed by atoms with Gasteiger partial charge in [0.2, 0.25) is 0 Å². The molecule has 1 aliphatic heterocycles. The van der Waals surface area contributed by atoms with Crippen LogP contribution in [-0.4, -0.2) is 6.85 Å². The summed E-state index contributed by atoms with van der Waals surface area (Å²) in [6.07, 6.45) is 0. The van der Waals surface area contributed by atoms with Crippen LogP contribution in [0, 0.1) is 0 Å². The minimum atomic E-state index is -0.112. The SMILES string of the molecule is CC(C)c1ccc(N2B(c3ccc(C(C)(C)C)cc3)C(c3ccccc3)=C(c3ccccc3)C(c3ccccc3)=C2c2ccccc2)cc1. The minimum absolute atomic E-state index is 0.0559. The van der Waals surface area contributed by atoms with Gasteiger partial charge in [-0.3, -0.25) is 0 Å². The van der Waals surface area contributed by atoms with E-state index >= 15 is 0 Å². The molecule has 0 spiro atoms. The van der Waals surface area contributed by atoms with Gasteiger partial charge in [0.25, 0.3) is 0 Å². The van der Waals surface area contributed by atoms with Crippen molar-refractivity contribution in [1.29, 1.82) is 0 Å². The lowest BCUT2D eigenvalue weighted by atomic mass is 9.43. The van der Waals surface area contributed by atoms with Gasteiger partial charge in [-0.1, -0.05) is 198 Å². The van der Waals surface area contributed by atoms with Gasteiger partial charge in [-0.15, -0.1) is 0 Å². The van der Waals surface area contributed by atoms with Gasteiger partial charge in [-0.2, -0.15) is 0 Å². The molecule has 7 rings (SSSR count). The van der Waals surface area contributed by atoms with Crippen LogP contribution >= 0.6 is 0 Å². The van der Waals surface area contributed by atoms with Crippen LogP contribution in [0.3, 0.4) is 0 Å². The van der Waals surface area contributed by atoms with Crippen molar-refractivity contribution in [1.82, 2.24) is 0 Å². The van der Waals surface area contributed by atoms with Crippen molar-refractivity contribution in [2.24, 2.45) is 0 Å². The molecule has 2 heteroatoms. The molecule has 1 nitrogen and oxygen atoms in total. The van der Waals surface area contributed by atoms with Crippen LogP contribution in [0.2, 0.25) is 0 Å². The molecule has 1 aliphatic rings. The summed E-state index contributed by atoms with van der Waals surface area (Å²) < 4.78 is 0. The van der Waals surface area contributed by atoms with Crippen LogP contribution in [0.25, 0.3) is 22.3 Å². The van der Waals surface area contributed by atoms with E-state index in [-0.39, 0.29) is 12.3 Å². The predicted octanol–water partition coefficient (Wildman–Crippen LogP) is 11.5. The molecule has 49 heavy (non-hydrogen) atoms. The van der Waals surface area contributed by atoms with Crippen molar-refractivity contribution < 1.29 is 0 Å². The van der Waals surface area contributed by atoms with Crippen molar-refractivity contribution in [3.05, 3.63) is 203 Å². The highest BCUT2D eigenvalue weighted by Gasteiger charge is 2.42. The van der Waals surface area contributed by atoms with Crippen LogP contribution in [0.1, 0.15) is 73.9 Å². The first-order valence-corrected chi connectivity index (χ1v) is 17.5. The summed E-state index contributed by atoms with van der Waals surface area (Å²) >= 11 is 0. The van der Waals surface area contributed by atoms with Gasteiger partial charge >= 0.3 is 6.85 Å². The van der Waals surface area contributed by atoms with E-state index in [1.54, 1.807) is 0 Å². The molecule has 0 amide bonds. The zero-order chi connectivity index (χ0) is 34.0. The summed E-state index contributed by atoms with van der Waals surface area (Å²) in [5.41, 5.74) is 14.9. The summed E-state index contributed by atoms with van der Waals surface area (Å²) in [6.45, 7) is 11.3. The third-order valence-electron chi connectivity index (χ3n) is 9.72. The average molecular weight is 634 g/mol. The average Bonchev–Trinajstić information content (AvgIpc) is 3.15. The fourth-order valence-corrected chi connectivity index (χ4v) is 7.14. The molecule has 0 bridgehead atoms. The molecule has 0 atom stereocenters. The van der Waals surface area contributed by atoms with Gasteiger partial charge in [0, 0.05) is 17.0 Å². The van der Waals surface area contributed by atoms with Crippen LogP contribution in [-0.2, 0) is 5.41 Å². The number of rotatable bonds is 7. The molecule has 6 aromatic rings. The van der Waals surface area contributed by atoms with Gasteiger partial charge in [-0.25, -0.2) is 0 Å². The molecule has 0 aromatic heterocycles. The summed E-state index contributed by atoms with van der Waals surface area (Å²) in [4.78, 5) is 2.61. The zero-order valence-corrected chi connectivity index (χ0v) is 29.3.